The van der Waals surface area contributed by atoms with Gasteiger partial charge in [0, 0.05) is 77.7 Å². The van der Waals surface area contributed by atoms with Gasteiger partial charge in [0.25, 0.3) is 0 Å². The summed E-state index contributed by atoms with van der Waals surface area (Å²) in [5.74, 6) is -0.673. The van der Waals surface area contributed by atoms with Gasteiger partial charge in [0.2, 0.25) is 0 Å². The van der Waals surface area contributed by atoms with Crippen molar-refractivity contribution in [2.45, 2.75) is 0 Å². The zero-order chi connectivity index (χ0) is 49.7. The van der Waals surface area contributed by atoms with Crippen LogP contribution in [0.3, 0.4) is 0 Å². The maximum atomic E-state index is 14.9. The van der Waals surface area contributed by atoms with Gasteiger partial charge in [-0.3, -0.25) is 0 Å². The van der Waals surface area contributed by atoms with Crippen molar-refractivity contribution < 1.29 is 22.0 Å². The molecule has 0 unspecified atom stereocenters. The number of fused-ring (bicyclic) bond motifs is 13. The van der Waals surface area contributed by atoms with Gasteiger partial charge >= 0.3 is 0 Å². The van der Waals surface area contributed by atoms with Gasteiger partial charge in [-0.05, 0) is 82.6 Å². The molecule has 15 rings (SSSR count). The van der Waals surface area contributed by atoms with Crippen LogP contribution < -0.4 is 9.80 Å². The van der Waals surface area contributed by atoms with Crippen molar-refractivity contribution in [2.24, 2.45) is 0 Å². The molecule has 0 aliphatic heterocycles. The Morgan fingerprint density at radius 3 is 1.03 bits per heavy atom. The fraction of sp³-hybridized carbons (Fsp3) is 0. The third kappa shape index (κ3) is 6.68. The Hall–Kier alpha value is -9.98. The molecule has 0 atom stereocenters. The highest BCUT2D eigenvalue weighted by atomic mass is 19.1. The summed E-state index contributed by atoms with van der Waals surface area (Å²) in [7, 11) is 0. The third-order valence-electron chi connectivity index (χ3n) is 14.8. The van der Waals surface area contributed by atoms with E-state index in [0.717, 1.165) is 121 Å². The quantitative estimate of drug-likeness (QED) is 0.152. The molecule has 0 aliphatic rings. The van der Waals surface area contributed by atoms with Crippen LogP contribution in [0.1, 0.15) is 0 Å². The Balaban J connectivity index is 0.985. The molecule has 0 saturated carbocycles. The fourth-order valence-corrected chi connectivity index (χ4v) is 11.5. The molecule has 0 spiro atoms. The normalized spacial score (nSPS) is 11.9. The molecule has 0 N–H and O–H groups in total. The number of para-hydroxylation sites is 4. The molecule has 0 amide bonds. The van der Waals surface area contributed by atoms with Gasteiger partial charge in [-0.25, -0.2) is 8.78 Å². The van der Waals surface area contributed by atoms with Crippen LogP contribution in [0.2, 0.25) is 0 Å². The first-order valence-corrected chi connectivity index (χ1v) is 24.9. The van der Waals surface area contributed by atoms with Crippen LogP contribution in [-0.4, -0.2) is 0 Å². The lowest BCUT2D eigenvalue weighted by Gasteiger charge is -2.27. The van der Waals surface area contributed by atoms with Crippen molar-refractivity contribution in [3.8, 4) is 22.3 Å². The SMILES string of the molecule is Fc1ccc(N(c2cc3oc4cc(N(c5ccc(F)cc5)c5cccc6c5oc5c(-c7ccccc7)cccc56)c5ccccc5c4c3c3ccccc23)c2cccc3c2oc2c(-c4ccccc4)cccc23)cc1. The van der Waals surface area contributed by atoms with E-state index in [-0.39, 0.29) is 11.6 Å². The largest absolute Gasteiger partial charge is 0.456 e. The van der Waals surface area contributed by atoms with E-state index in [4.69, 9.17) is 13.3 Å². The van der Waals surface area contributed by atoms with Crippen LogP contribution in [-0.2, 0) is 0 Å². The highest BCUT2D eigenvalue weighted by Crippen LogP contribution is 2.52. The number of furan rings is 3. The lowest BCUT2D eigenvalue weighted by atomic mass is 9.96. The predicted octanol–water partition coefficient (Wildman–Crippen LogP) is 20.2. The molecule has 12 aromatic carbocycles. The second kappa shape index (κ2) is 16.8. The Morgan fingerprint density at radius 2 is 0.613 bits per heavy atom. The molecular formula is C68H40F2N2O3. The van der Waals surface area contributed by atoms with E-state index in [1.54, 1.807) is 24.3 Å². The summed E-state index contributed by atoms with van der Waals surface area (Å²) in [4.78, 5) is 4.30. The van der Waals surface area contributed by atoms with Crippen LogP contribution in [0.25, 0.3) is 110 Å². The minimum atomic E-state index is -0.336. The smallest absolute Gasteiger partial charge is 0.159 e. The zero-order valence-corrected chi connectivity index (χ0v) is 40.0. The van der Waals surface area contributed by atoms with E-state index < -0.39 is 0 Å². The summed E-state index contributed by atoms with van der Waals surface area (Å²) in [6.07, 6.45) is 0. The molecule has 3 heterocycles. The first kappa shape index (κ1) is 42.7. The van der Waals surface area contributed by atoms with Crippen molar-refractivity contribution in [3.05, 3.63) is 254 Å². The van der Waals surface area contributed by atoms with Crippen molar-refractivity contribution >= 4 is 121 Å². The van der Waals surface area contributed by atoms with Gasteiger partial charge in [0.1, 0.15) is 34.0 Å². The highest BCUT2D eigenvalue weighted by molar-refractivity contribution is 6.30. The van der Waals surface area contributed by atoms with Gasteiger partial charge in [0.05, 0.1) is 22.7 Å². The maximum Gasteiger partial charge on any atom is 0.159 e. The van der Waals surface area contributed by atoms with E-state index >= 15 is 0 Å². The first-order chi connectivity index (χ1) is 37.0. The van der Waals surface area contributed by atoms with Crippen molar-refractivity contribution in [2.75, 3.05) is 9.80 Å². The Morgan fingerprint density at radius 1 is 0.267 bits per heavy atom. The van der Waals surface area contributed by atoms with Crippen LogP contribution in [0.15, 0.2) is 256 Å². The first-order valence-electron chi connectivity index (χ1n) is 24.9. The molecule has 7 heteroatoms. The lowest BCUT2D eigenvalue weighted by molar-refractivity contribution is 0.627. The van der Waals surface area contributed by atoms with Crippen LogP contribution >= 0.6 is 0 Å². The molecule has 5 nitrogen and oxygen atoms in total. The monoisotopic (exact) mass is 970 g/mol. The highest BCUT2D eigenvalue weighted by Gasteiger charge is 2.28. The molecule has 0 aliphatic carbocycles. The van der Waals surface area contributed by atoms with Gasteiger partial charge < -0.3 is 23.1 Å². The van der Waals surface area contributed by atoms with Crippen LogP contribution in [0, 0.1) is 11.6 Å². The molecular weight excluding hydrogens is 931 g/mol. The summed E-state index contributed by atoms with van der Waals surface area (Å²) in [5.41, 5.74) is 13.1. The minimum Gasteiger partial charge on any atom is -0.456 e. The summed E-state index contributed by atoms with van der Waals surface area (Å²) in [6.45, 7) is 0. The average Bonchev–Trinajstić information content (AvgIpc) is 4.18. The number of hydrogen-bond donors (Lipinski definition) is 0. The van der Waals surface area contributed by atoms with E-state index in [1.807, 2.05) is 36.4 Å². The van der Waals surface area contributed by atoms with Gasteiger partial charge in [-0.2, -0.15) is 0 Å². The predicted molar refractivity (Wildman–Crippen MR) is 303 cm³/mol. The second-order valence-electron chi connectivity index (χ2n) is 19.0. The van der Waals surface area contributed by atoms with E-state index in [0.29, 0.717) is 22.3 Å². The Labute approximate surface area is 427 Å². The lowest BCUT2D eigenvalue weighted by Crippen LogP contribution is -2.11. The van der Waals surface area contributed by atoms with E-state index in [9.17, 15) is 8.78 Å². The molecule has 3 aromatic heterocycles. The summed E-state index contributed by atoms with van der Waals surface area (Å²) in [6, 6.07) is 79.6. The summed E-state index contributed by atoms with van der Waals surface area (Å²) < 4.78 is 51.1. The van der Waals surface area contributed by atoms with Gasteiger partial charge in [0.15, 0.2) is 11.2 Å². The molecule has 0 bridgehead atoms. The van der Waals surface area contributed by atoms with Crippen LogP contribution in [0.5, 0.6) is 0 Å². The Bertz CT molecular complexity index is 4430. The van der Waals surface area contributed by atoms with E-state index in [1.165, 1.54) is 24.3 Å². The fourth-order valence-electron chi connectivity index (χ4n) is 11.5. The van der Waals surface area contributed by atoms with Crippen molar-refractivity contribution in [1.82, 2.24) is 0 Å². The molecule has 354 valence electrons. The topological polar surface area (TPSA) is 45.9 Å². The van der Waals surface area contributed by atoms with Gasteiger partial charge in [-0.15, -0.1) is 0 Å². The van der Waals surface area contributed by atoms with E-state index in [2.05, 4.69) is 168 Å². The Kier molecular flexibility index (Phi) is 9.56. The number of nitrogens with zero attached hydrogens (tertiary/aromatic N) is 2. The molecule has 0 radical (unpaired) electrons. The molecule has 0 fully saturated rings. The number of anilines is 6. The number of rotatable bonds is 8. The zero-order valence-electron chi connectivity index (χ0n) is 40.0. The standard InChI is InChI=1S/C68H40F2N2O3/c69-43-31-35-45(36-32-43)71(57-29-13-27-55-53-25-11-23-47(65(53)74-67(55)57)41-15-3-1-4-16-41)59-39-61-63(51-21-9-7-19-49(51)59)64-52-22-10-8-20-50(52)60(40-62(64)73-61)72(46-37-33-44(70)34-38-46)58-30-14-28-56-54-26-12-24-48(66(54)75-68(56)58)42-17-5-2-6-18-42/h1-40H. The number of halogens is 2. The van der Waals surface area contributed by atoms with Crippen LogP contribution in [0.4, 0.5) is 42.9 Å². The van der Waals surface area contributed by atoms with Crippen molar-refractivity contribution in [3.63, 3.8) is 0 Å². The number of benzene rings is 12. The molecule has 0 saturated heterocycles. The maximum absolute atomic E-state index is 14.9. The molecule has 15 aromatic rings. The average molecular weight is 971 g/mol. The van der Waals surface area contributed by atoms with Crippen molar-refractivity contribution in [1.29, 1.82) is 0 Å². The summed E-state index contributed by atoms with van der Waals surface area (Å²) in [5, 5.41) is 9.71. The second-order valence-corrected chi connectivity index (χ2v) is 19.0. The molecule has 75 heavy (non-hydrogen) atoms. The minimum absolute atomic E-state index is 0.336. The van der Waals surface area contributed by atoms with Gasteiger partial charge in [-0.1, -0.05) is 170 Å². The summed E-state index contributed by atoms with van der Waals surface area (Å²) >= 11 is 0. The third-order valence-corrected chi connectivity index (χ3v) is 14.8. The number of hydrogen-bond acceptors (Lipinski definition) is 5.